The number of benzene rings is 1. The number of methoxy groups -OCH3 is 1. The second-order valence-electron chi connectivity index (χ2n) is 4.25. The first-order valence-electron chi connectivity index (χ1n) is 7.00. The Morgan fingerprint density at radius 2 is 1.95 bits per heavy atom. The number of hydrogen-bond donors (Lipinski definition) is 1. The van der Waals surface area contributed by atoms with Crippen molar-refractivity contribution < 1.29 is 14.2 Å². The maximum atomic E-state index is 6.24. The second kappa shape index (κ2) is 9.86. The summed E-state index contributed by atoms with van der Waals surface area (Å²) in [4.78, 5) is 0. The molecular formula is C15H24ClNO3. The smallest absolute Gasteiger partial charge is 0.162 e. The van der Waals surface area contributed by atoms with Gasteiger partial charge in [0.15, 0.2) is 11.5 Å². The largest absolute Gasteiger partial charge is 0.493 e. The molecule has 0 unspecified atom stereocenters. The van der Waals surface area contributed by atoms with E-state index in [1.54, 1.807) is 13.2 Å². The van der Waals surface area contributed by atoms with Gasteiger partial charge in [-0.3, -0.25) is 0 Å². The van der Waals surface area contributed by atoms with Gasteiger partial charge in [0.2, 0.25) is 0 Å². The van der Waals surface area contributed by atoms with E-state index in [0.29, 0.717) is 23.9 Å². The Bertz CT molecular complexity index is 399. The molecular weight excluding hydrogens is 278 g/mol. The minimum atomic E-state index is 0.596. The molecule has 0 radical (unpaired) electrons. The van der Waals surface area contributed by atoms with Gasteiger partial charge in [0, 0.05) is 30.8 Å². The number of rotatable bonds is 10. The highest BCUT2D eigenvalue weighted by Gasteiger charge is 2.10. The number of hydrogen-bond acceptors (Lipinski definition) is 4. The summed E-state index contributed by atoms with van der Waals surface area (Å²) < 4.78 is 16.1. The van der Waals surface area contributed by atoms with E-state index in [1.807, 2.05) is 19.9 Å². The molecule has 1 N–H and O–H groups in total. The molecule has 5 heteroatoms. The number of nitrogens with one attached hydrogen (secondary N) is 1. The highest BCUT2D eigenvalue weighted by Crippen LogP contribution is 2.33. The topological polar surface area (TPSA) is 39.7 Å². The van der Waals surface area contributed by atoms with Gasteiger partial charge in [-0.2, -0.15) is 0 Å². The summed E-state index contributed by atoms with van der Waals surface area (Å²) in [5, 5.41) is 4.03. The summed E-state index contributed by atoms with van der Waals surface area (Å²) in [7, 11) is 1.61. The van der Waals surface area contributed by atoms with Crippen molar-refractivity contribution in [2.75, 3.05) is 33.5 Å². The molecule has 0 saturated carbocycles. The van der Waals surface area contributed by atoms with Crippen molar-refractivity contribution in [2.45, 2.75) is 26.8 Å². The normalized spacial score (nSPS) is 10.6. The molecule has 0 aliphatic carbocycles. The van der Waals surface area contributed by atoms with Gasteiger partial charge in [0.05, 0.1) is 13.7 Å². The van der Waals surface area contributed by atoms with E-state index in [9.17, 15) is 0 Å². The molecule has 0 saturated heterocycles. The van der Waals surface area contributed by atoms with Crippen molar-refractivity contribution in [3.8, 4) is 11.5 Å². The first kappa shape index (κ1) is 17.1. The highest BCUT2D eigenvalue weighted by atomic mass is 35.5. The second-order valence-corrected chi connectivity index (χ2v) is 4.66. The van der Waals surface area contributed by atoms with E-state index >= 15 is 0 Å². The maximum absolute atomic E-state index is 6.24. The Morgan fingerprint density at radius 1 is 1.15 bits per heavy atom. The van der Waals surface area contributed by atoms with Crippen LogP contribution in [-0.4, -0.2) is 33.5 Å². The van der Waals surface area contributed by atoms with Crippen molar-refractivity contribution in [3.05, 3.63) is 22.7 Å². The van der Waals surface area contributed by atoms with E-state index in [0.717, 1.165) is 37.5 Å². The molecule has 1 aromatic rings. The Hall–Kier alpha value is -0.970. The molecule has 0 amide bonds. The quantitative estimate of drug-likeness (QED) is 0.673. The zero-order chi connectivity index (χ0) is 14.8. The number of halogens is 1. The van der Waals surface area contributed by atoms with Crippen molar-refractivity contribution in [3.63, 3.8) is 0 Å². The van der Waals surface area contributed by atoms with Gasteiger partial charge < -0.3 is 19.5 Å². The van der Waals surface area contributed by atoms with E-state index in [-0.39, 0.29) is 0 Å². The molecule has 0 fully saturated rings. The third kappa shape index (κ3) is 5.57. The van der Waals surface area contributed by atoms with E-state index < -0.39 is 0 Å². The lowest BCUT2D eigenvalue weighted by Gasteiger charge is -2.13. The standard InChI is InChI=1S/C15H24ClNO3/c1-4-19-8-6-7-17-11-12-9-15(20-5-2)14(18-3)10-13(12)16/h9-10,17H,4-8,11H2,1-3H3. The lowest BCUT2D eigenvalue weighted by Crippen LogP contribution is -2.16. The van der Waals surface area contributed by atoms with Crippen LogP contribution in [0.2, 0.25) is 5.02 Å². The minimum absolute atomic E-state index is 0.596. The van der Waals surface area contributed by atoms with Crippen molar-refractivity contribution in [2.24, 2.45) is 0 Å². The number of ether oxygens (including phenoxy) is 3. The van der Waals surface area contributed by atoms with Crippen LogP contribution >= 0.6 is 11.6 Å². The minimum Gasteiger partial charge on any atom is -0.493 e. The molecule has 0 aliphatic rings. The molecule has 1 aromatic carbocycles. The third-order valence-corrected chi connectivity index (χ3v) is 3.15. The van der Waals surface area contributed by atoms with E-state index in [1.165, 1.54) is 0 Å². The van der Waals surface area contributed by atoms with Gasteiger partial charge in [-0.1, -0.05) is 11.6 Å². The lowest BCUT2D eigenvalue weighted by molar-refractivity contribution is 0.144. The SMILES string of the molecule is CCOCCCNCc1cc(OCC)c(OC)cc1Cl. The summed E-state index contributed by atoms with van der Waals surface area (Å²) in [6.07, 6.45) is 0.986. The highest BCUT2D eigenvalue weighted by molar-refractivity contribution is 6.31. The third-order valence-electron chi connectivity index (χ3n) is 2.79. The fourth-order valence-electron chi connectivity index (χ4n) is 1.81. The average Bonchev–Trinajstić information content (AvgIpc) is 2.45. The van der Waals surface area contributed by atoms with E-state index in [4.69, 9.17) is 25.8 Å². The van der Waals surface area contributed by atoms with Crippen LogP contribution in [0.4, 0.5) is 0 Å². The summed E-state index contributed by atoms with van der Waals surface area (Å²) >= 11 is 6.24. The van der Waals surface area contributed by atoms with Crippen molar-refractivity contribution in [1.29, 1.82) is 0 Å². The fraction of sp³-hybridized carbons (Fsp3) is 0.600. The van der Waals surface area contributed by atoms with Crippen LogP contribution in [0.15, 0.2) is 12.1 Å². The molecule has 0 heterocycles. The van der Waals surface area contributed by atoms with Crippen molar-refractivity contribution in [1.82, 2.24) is 5.32 Å². The van der Waals surface area contributed by atoms with Crippen molar-refractivity contribution >= 4 is 11.6 Å². The van der Waals surface area contributed by atoms with Crippen LogP contribution < -0.4 is 14.8 Å². The maximum Gasteiger partial charge on any atom is 0.162 e. The summed E-state index contributed by atoms with van der Waals surface area (Å²) in [5.74, 6) is 1.39. The molecule has 20 heavy (non-hydrogen) atoms. The predicted molar refractivity (Wildman–Crippen MR) is 82.0 cm³/mol. The monoisotopic (exact) mass is 301 g/mol. The van der Waals surface area contributed by atoms with Crippen LogP contribution in [0.1, 0.15) is 25.8 Å². The van der Waals surface area contributed by atoms with Crippen LogP contribution in [0.25, 0.3) is 0 Å². The molecule has 0 atom stereocenters. The van der Waals surface area contributed by atoms with E-state index in [2.05, 4.69) is 5.32 Å². The Kier molecular flexibility index (Phi) is 8.42. The van der Waals surface area contributed by atoms with Gasteiger partial charge in [0.1, 0.15) is 0 Å². The van der Waals surface area contributed by atoms with Crippen LogP contribution in [0, 0.1) is 0 Å². The van der Waals surface area contributed by atoms with Crippen LogP contribution in [0.3, 0.4) is 0 Å². The Morgan fingerprint density at radius 3 is 2.60 bits per heavy atom. The van der Waals surface area contributed by atoms with Gasteiger partial charge in [-0.15, -0.1) is 0 Å². The first-order valence-corrected chi connectivity index (χ1v) is 7.38. The van der Waals surface area contributed by atoms with Gasteiger partial charge in [-0.25, -0.2) is 0 Å². The molecule has 4 nitrogen and oxygen atoms in total. The molecule has 0 spiro atoms. The molecule has 1 rings (SSSR count). The fourth-order valence-corrected chi connectivity index (χ4v) is 2.03. The van der Waals surface area contributed by atoms with Gasteiger partial charge >= 0.3 is 0 Å². The van der Waals surface area contributed by atoms with Gasteiger partial charge in [0.25, 0.3) is 0 Å². The van der Waals surface area contributed by atoms with Crippen LogP contribution in [0.5, 0.6) is 11.5 Å². The predicted octanol–water partition coefficient (Wildman–Crippen LogP) is 3.26. The molecule has 0 aliphatic heterocycles. The average molecular weight is 302 g/mol. The molecule has 0 aromatic heterocycles. The lowest BCUT2D eigenvalue weighted by atomic mass is 10.2. The molecule has 114 valence electrons. The first-order chi connectivity index (χ1) is 9.72. The Balaban J connectivity index is 2.54. The Labute approximate surface area is 126 Å². The van der Waals surface area contributed by atoms with Gasteiger partial charge in [-0.05, 0) is 38.4 Å². The summed E-state index contributed by atoms with van der Waals surface area (Å²) in [6.45, 7) is 7.69. The zero-order valence-electron chi connectivity index (χ0n) is 12.5. The zero-order valence-corrected chi connectivity index (χ0v) is 13.3. The summed E-state index contributed by atoms with van der Waals surface area (Å²) in [6, 6.07) is 3.73. The molecule has 0 bridgehead atoms. The van der Waals surface area contributed by atoms with Crippen LogP contribution in [-0.2, 0) is 11.3 Å². The summed E-state index contributed by atoms with van der Waals surface area (Å²) in [5.41, 5.74) is 1.01.